The largest absolute Gasteiger partial charge is 0.396 e. The Labute approximate surface area is 115 Å². The van der Waals surface area contributed by atoms with Crippen LogP contribution in [0.1, 0.15) is 36.8 Å². The molecule has 1 aliphatic carbocycles. The summed E-state index contributed by atoms with van der Waals surface area (Å²) in [6.07, 6.45) is 4.06. The maximum Gasteiger partial charge on any atom is 0.227 e. The van der Waals surface area contributed by atoms with Gasteiger partial charge in [0.25, 0.3) is 0 Å². The van der Waals surface area contributed by atoms with Crippen LogP contribution in [0, 0.1) is 25.7 Å². The Bertz CT molecular complexity index is 456. The number of aliphatic hydroxyl groups excluding tert-OH is 1. The van der Waals surface area contributed by atoms with Crippen LogP contribution in [0.2, 0.25) is 0 Å². The molecular formula is C16H23NO2. The first kappa shape index (κ1) is 14.1. The molecule has 0 spiro atoms. The van der Waals surface area contributed by atoms with Gasteiger partial charge in [0.15, 0.2) is 0 Å². The lowest BCUT2D eigenvalue weighted by Crippen LogP contribution is -2.33. The van der Waals surface area contributed by atoms with Crippen LogP contribution in [-0.2, 0) is 4.79 Å². The molecule has 0 aromatic heterocycles. The summed E-state index contributed by atoms with van der Waals surface area (Å²) in [5, 5.41) is 12.4. The van der Waals surface area contributed by atoms with E-state index in [-0.39, 0.29) is 24.3 Å². The molecule has 2 unspecified atom stereocenters. The Morgan fingerprint density at radius 3 is 2.68 bits per heavy atom. The van der Waals surface area contributed by atoms with Crippen LogP contribution in [0.4, 0.5) is 5.69 Å². The van der Waals surface area contributed by atoms with Crippen molar-refractivity contribution in [1.29, 1.82) is 0 Å². The fraction of sp³-hybridized carbons (Fsp3) is 0.562. The average Bonchev–Trinajstić information content (AvgIpc) is 2.43. The molecule has 19 heavy (non-hydrogen) atoms. The summed E-state index contributed by atoms with van der Waals surface area (Å²) in [6.45, 7) is 4.22. The van der Waals surface area contributed by atoms with Gasteiger partial charge in [-0.15, -0.1) is 0 Å². The van der Waals surface area contributed by atoms with Crippen molar-refractivity contribution in [1.82, 2.24) is 0 Å². The Kier molecular flexibility index (Phi) is 4.59. The van der Waals surface area contributed by atoms with E-state index in [9.17, 15) is 9.90 Å². The van der Waals surface area contributed by atoms with E-state index in [0.29, 0.717) is 0 Å². The number of nitrogens with one attached hydrogen (secondary N) is 1. The smallest absolute Gasteiger partial charge is 0.227 e. The van der Waals surface area contributed by atoms with Gasteiger partial charge in [0.05, 0.1) is 0 Å². The number of aliphatic hydroxyl groups is 1. The number of aryl methyl sites for hydroxylation is 2. The summed E-state index contributed by atoms with van der Waals surface area (Å²) in [4.78, 5) is 12.3. The van der Waals surface area contributed by atoms with Gasteiger partial charge in [-0.3, -0.25) is 4.79 Å². The number of hydrogen-bond donors (Lipinski definition) is 2. The van der Waals surface area contributed by atoms with Crippen LogP contribution in [0.5, 0.6) is 0 Å². The topological polar surface area (TPSA) is 49.3 Å². The van der Waals surface area contributed by atoms with E-state index >= 15 is 0 Å². The molecule has 2 atom stereocenters. The molecule has 1 aromatic rings. The molecule has 0 saturated heterocycles. The summed E-state index contributed by atoms with van der Waals surface area (Å²) >= 11 is 0. The summed E-state index contributed by atoms with van der Waals surface area (Å²) in [6, 6.07) is 5.97. The third-order valence-electron chi connectivity index (χ3n) is 4.25. The minimum Gasteiger partial charge on any atom is -0.396 e. The predicted molar refractivity (Wildman–Crippen MR) is 77.1 cm³/mol. The van der Waals surface area contributed by atoms with Crippen molar-refractivity contribution in [3.8, 4) is 0 Å². The van der Waals surface area contributed by atoms with E-state index < -0.39 is 0 Å². The first-order chi connectivity index (χ1) is 9.11. The van der Waals surface area contributed by atoms with Gasteiger partial charge >= 0.3 is 0 Å². The van der Waals surface area contributed by atoms with Gasteiger partial charge in [-0.25, -0.2) is 0 Å². The molecule has 0 aliphatic heterocycles. The van der Waals surface area contributed by atoms with E-state index in [1.165, 1.54) is 11.1 Å². The van der Waals surface area contributed by atoms with Crippen LogP contribution < -0.4 is 5.32 Å². The third kappa shape index (κ3) is 3.35. The minimum atomic E-state index is -0.0413. The fourth-order valence-electron chi connectivity index (χ4n) is 2.83. The molecule has 3 nitrogen and oxygen atoms in total. The molecule has 2 rings (SSSR count). The molecule has 0 bridgehead atoms. The van der Waals surface area contributed by atoms with Crippen molar-refractivity contribution < 1.29 is 9.90 Å². The van der Waals surface area contributed by atoms with Crippen molar-refractivity contribution in [2.45, 2.75) is 39.5 Å². The van der Waals surface area contributed by atoms with Gasteiger partial charge < -0.3 is 10.4 Å². The summed E-state index contributed by atoms with van der Waals surface area (Å²) in [5.74, 6) is 0.141. The van der Waals surface area contributed by atoms with E-state index in [0.717, 1.165) is 31.4 Å². The highest BCUT2D eigenvalue weighted by molar-refractivity contribution is 5.92. The Hall–Kier alpha value is -1.35. The summed E-state index contributed by atoms with van der Waals surface area (Å²) in [5.41, 5.74) is 3.26. The van der Waals surface area contributed by atoms with Crippen LogP contribution in [0.25, 0.3) is 0 Å². The SMILES string of the molecule is Cc1ccc(NC(=O)C2CCCCC2CO)cc1C. The van der Waals surface area contributed by atoms with E-state index in [1.54, 1.807) is 0 Å². The Morgan fingerprint density at radius 1 is 1.26 bits per heavy atom. The second-order valence-electron chi connectivity index (χ2n) is 5.62. The zero-order chi connectivity index (χ0) is 13.8. The van der Waals surface area contributed by atoms with Crippen molar-refractivity contribution in [3.05, 3.63) is 29.3 Å². The highest BCUT2D eigenvalue weighted by Gasteiger charge is 2.30. The van der Waals surface area contributed by atoms with Crippen molar-refractivity contribution >= 4 is 11.6 Å². The monoisotopic (exact) mass is 261 g/mol. The summed E-state index contributed by atoms with van der Waals surface area (Å²) in [7, 11) is 0. The molecule has 2 N–H and O–H groups in total. The summed E-state index contributed by atoms with van der Waals surface area (Å²) < 4.78 is 0. The number of amides is 1. The molecular weight excluding hydrogens is 238 g/mol. The second-order valence-corrected chi connectivity index (χ2v) is 5.62. The molecule has 0 radical (unpaired) electrons. The zero-order valence-corrected chi connectivity index (χ0v) is 11.8. The normalized spacial score (nSPS) is 23.1. The highest BCUT2D eigenvalue weighted by atomic mass is 16.3. The van der Waals surface area contributed by atoms with E-state index in [2.05, 4.69) is 12.2 Å². The average molecular weight is 261 g/mol. The van der Waals surface area contributed by atoms with Crippen LogP contribution >= 0.6 is 0 Å². The maximum absolute atomic E-state index is 12.3. The molecule has 1 aliphatic rings. The minimum absolute atomic E-state index is 0.0413. The van der Waals surface area contributed by atoms with Gasteiger partial charge in [0.2, 0.25) is 5.91 Å². The standard InChI is InChI=1S/C16H23NO2/c1-11-7-8-14(9-12(11)2)17-16(19)15-6-4-3-5-13(15)10-18/h7-9,13,15,18H,3-6,10H2,1-2H3,(H,17,19). The van der Waals surface area contributed by atoms with Crippen LogP contribution in [0.3, 0.4) is 0 Å². The van der Waals surface area contributed by atoms with Crippen molar-refractivity contribution in [2.75, 3.05) is 11.9 Å². The highest BCUT2D eigenvalue weighted by Crippen LogP contribution is 2.30. The molecule has 1 amide bonds. The number of rotatable bonds is 3. The molecule has 1 fully saturated rings. The predicted octanol–water partition coefficient (Wildman–Crippen LogP) is 3.04. The molecule has 1 aromatic carbocycles. The third-order valence-corrected chi connectivity index (χ3v) is 4.25. The van der Waals surface area contributed by atoms with E-state index in [1.807, 2.05) is 25.1 Å². The number of benzene rings is 1. The number of carbonyl (C=O) groups is 1. The zero-order valence-electron chi connectivity index (χ0n) is 11.8. The van der Waals surface area contributed by atoms with Gasteiger partial charge in [-0.1, -0.05) is 18.9 Å². The molecule has 0 heterocycles. The van der Waals surface area contributed by atoms with Gasteiger partial charge in [0.1, 0.15) is 0 Å². The molecule has 104 valence electrons. The Balaban J connectivity index is 2.05. The van der Waals surface area contributed by atoms with Gasteiger partial charge in [0, 0.05) is 18.2 Å². The lowest BCUT2D eigenvalue weighted by molar-refractivity contribution is -0.123. The Morgan fingerprint density at radius 2 is 2.00 bits per heavy atom. The molecule has 3 heteroatoms. The number of anilines is 1. The quantitative estimate of drug-likeness (QED) is 0.878. The second kappa shape index (κ2) is 6.20. The van der Waals surface area contributed by atoms with Gasteiger partial charge in [-0.05, 0) is 55.9 Å². The van der Waals surface area contributed by atoms with Crippen molar-refractivity contribution in [2.24, 2.45) is 11.8 Å². The van der Waals surface area contributed by atoms with Crippen LogP contribution in [0.15, 0.2) is 18.2 Å². The maximum atomic E-state index is 12.3. The van der Waals surface area contributed by atoms with Crippen LogP contribution in [-0.4, -0.2) is 17.6 Å². The first-order valence-electron chi connectivity index (χ1n) is 7.11. The van der Waals surface area contributed by atoms with Gasteiger partial charge in [-0.2, -0.15) is 0 Å². The molecule has 1 saturated carbocycles. The fourth-order valence-corrected chi connectivity index (χ4v) is 2.83. The lowest BCUT2D eigenvalue weighted by atomic mass is 9.79. The number of carbonyl (C=O) groups excluding carboxylic acids is 1. The number of hydrogen-bond acceptors (Lipinski definition) is 2. The van der Waals surface area contributed by atoms with Crippen molar-refractivity contribution in [3.63, 3.8) is 0 Å². The van der Waals surface area contributed by atoms with E-state index in [4.69, 9.17) is 0 Å². The lowest BCUT2D eigenvalue weighted by Gasteiger charge is -2.29. The first-order valence-corrected chi connectivity index (χ1v) is 7.11.